The minimum Gasteiger partial charge on any atom is -0.304 e. The number of nitrogens with zero attached hydrogens (tertiary/aromatic N) is 1. The Bertz CT molecular complexity index is 499. The average Bonchev–Trinajstić information content (AvgIpc) is 2.69. The van der Waals surface area contributed by atoms with Crippen LogP contribution in [0.15, 0.2) is 48.2 Å². The van der Waals surface area contributed by atoms with Crippen molar-refractivity contribution in [2.45, 2.75) is 19.4 Å². The third kappa shape index (κ3) is 1.38. The van der Waals surface area contributed by atoms with Gasteiger partial charge in [0, 0.05) is 11.3 Å². The van der Waals surface area contributed by atoms with Crippen molar-refractivity contribution in [1.29, 1.82) is 0 Å². The summed E-state index contributed by atoms with van der Waals surface area (Å²) in [6.07, 6.45) is 8.44. The van der Waals surface area contributed by atoms with Crippen LogP contribution in [0.1, 0.15) is 28.8 Å². The second-order valence-electron chi connectivity index (χ2n) is 4.16. The maximum Gasteiger partial charge on any atom is 0.258 e. The molecule has 0 N–H and O–H groups in total. The Morgan fingerprint density at radius 3 is 2.75 bits per heavy atom. The topological polar surface area (TPSA) is 20.3 Å². The van der Waals surface area contributed by atoms with Crippen LogP contribution in [0, 0.1) is 0 Å². The second kappa shape index (κ2) is 3.63. The van der Waals surface area contributed by atoms with Gasteiger partial charge < -0.3 is 4.90 Å². The molecule has 2 nitrogen and oxygen atoms in total. The third-order valence-electron chi connectivity index (χ3n) is 3.11. The molecule has 1 aliphatic heterocycles. The molecule has 0 atom stereocenters. The molecule has 2 aliphatic rings. The maximum atomic E-state index is 12.1. The molecule has 0 radical (unpaired) electrons. The Morgan fingerprint density at radius 2 is 2.00 bits per heavy atom. The summed E-state index contributed by atoms with van der Waals surface area (Å²) < 4.78 is 0. The van der Waals surface area contributed by atoms with Crippen LogP contribution in [0.3, 0.4) is 0 Å². The van der Waals surface area contributed by atoms with Crippen molar-refractivity contribution < 1.29 is 4.79 Å². The molecule has 80 valence electrons. The van der Waals surface area contributed by atoms with Gasteiger partial charge in [-0.1, -0.05) is 30.4 Å². The van der Waals surface area contributed by atoms with E-state index in [1.54, 1.807) is 0 Å². The minimum absolute atomic E-state index is 0.133. The summed E-state index contributed by atoms with van der Waals surface area (Å²) >= 11 is 0. The number of hydrogen-bond acceptors (Lipinski definition) is 1. The lowest BCUT2D eigenvalue weighted by Gasteiger charge is -2.18. The zero-order valence-corrected chi connectivity index (χ0v) is 9.02. The molecule has 0 spiro atoms. The fourth-order valence-electron chi connectivity index (χ4n) is 2.26. The first kappa shape index (κ1) is 9.40. The Balaban J connectivity index is 1.95. The molecule has 0 bridgehead atoms. The summed E-state index contributed by atoms with van der Waals surface area (Å²) in [6.45, 7) is 0.713. The van der Waals surface area contributed by atoms with Crippen molar-refractivity contribution in [3.63, 3.8) is 0 Å². The average molecular weight is 211 g/mol. The van der Waals surface area contributed by atoms with Crippen molar-refractivity contribution in [2.75, 3.05) is 0 Å². The molecule has 1 amide bonds. The van der Waals surface area contributed by atoms with Crippen molar-refractivity contribution in [3.05, 3.63) is 59.3 Å². The first-order valence-corrected chi connectivity index (χ1v) is 5.63. The molecular formula is C14H13NO. The molecule has 1 heterocycles. The lowest BCUT2D eigenvalue weighted by molar-refractivity contribution is 0.0830. The van der Waals surface area contributed by atoms with E-state index in [0.717, 1.165) is 29.7 Å². The molecule has 1 aliphatic carbocycles. The molecule has 0 aromatic heterocycles. The standard InChI is InChI=1S/C14H13NO/c16-14-13-9-5-4-6-11(13)10-15(14)12-7-2-1-3-8-12/h2,4-9H,1,3,10H2. The van der Waals surface area contributed by atoms with Crippen molar-refractivity contribution >= 4 is 5.91 Å². The van der Waals surface area contributed by atoms with E-state index in [1.807, 2.05) is 35.2 Å². The van der Waals surface area contributed by atoms with Gasteiger partial charge in [-0.2, -0.15) is 0 Å². The molecule has 3 rings (SSSR count). The monoisotopic (exact) mass is 211 g/mol. The molecule has 1 aromatic rings. The third-order valence-corrected chi connectivity index (χ3v) is 3.11. The summed E-state index contributed by atoms with van der Waals surface area (Å²) in [7, 11) is 0. The lowest BCUT2D eigenvalue weighted by Crippen LogP contribution is -2.22. The minimum atomic E-state index is 0.133. The molecule has 0 saturated heterocycles. The van der Waals surface area contributed by atoms with E-state index in [9.17, 15) is 4.79 Å². The predicted octanol–water partition coefficient (Wildman–Crippen LogP) is 2.88. The summed E-state index contributed by atoms with van der Waals surface area (Å²) in [5.74, 6) is 0.133. The lowest BCUT2D eigenvalue weighted by atomic mass is 10.1. The summed E-state index contributed by atoms with van der Waals surface area (Å²) in [6, 6.07) is 7.84. The maximum absolute atomic E-state index is 12.1. The number of benzene rings is 1. The van der Waals surface area contributed by atoms with Gasteiger partial charge in [-0.3, -0.25) is 4.79 Å². The van der Waals surface area contributed by atoms with Gasteiger partial charge in [0.15, 0.2) is 0 Å². The second-order valence-corrected chi connectivity index (χ2v) is 4.16. The highest BCUT2D eigenvalue weighted by molar-refractivity contribution is 5.99. The number of carbonyl (C=O) groups is 1. The molecule has 2 heteroatoms. The van der Waals surface area contributed by atoms with Crippen LogP contribution in [0.2, 0.25) is 0 Å². The Kier molecular flexibility index (Phi) is 2.13. The van der Waals surface area contributed by atoms with Gasteiger partial charge >= 0.3 is 0 Å². The van der Waals surface area contributed by atoms with Gasteiger partial charge in [0.1, 0.15) is 0 Å². The van der Waals surface area contributed by atoms with Crippen LogP contribution in [0.5, 0.6) is 0 Å². The van der Waals surface area contributed by atoms with Crippen molar-refractivity contribution in [2.24, 2.45) is 0 Å². The molecule has 16 heavy (non-hydrogen) atoms. The zero-order chi connectivity index (χ0) is 11.0. The van der Waals surface area contributed by atoms with E-state index >= 15 is 0 Å². The highest BCUT2D eigenvalue weighted by atomic mass is 16.2. The van der Waals surface area contributed by atoms with E-state index in [-0.39, 0.29) is 5.91 Å². The van der Waals surface area contributed by atoms with Crippen LogP contribution in [-0.2, 0) is 6.54 Å². The largest absolute Gasteiger partial charge is 0.304 e. The Morgan fingerprint density at radius 1 is 1.12 bits per heavy atom. The van der Waals surface area contributed by atoms with E-state index < -0.39 is 0 Å². The predicted molar refractivity (Wildman–Crippen MR) is 62.8 cm³/mol. The van der Waals surface area contributed by atoms with Crippen LogP contribution in [0.4, 0.5) is 0 Å². The normalized spacial score (nSPS) is 18.6. The number of carbonyl (C=O) groups excluding carboxylic acids is 1. The van der Waals surface area contributed by atoms with Gasteiger partial charge in [0.25, 0.3) is 5.91 Å². The number of allylic oxidation sites excluding steroid dienone is 3. The van der Waals surface area contributed by atoms with Crippen LogP contribution in [0.25, 0.3) is 0 Å². The number of amides is 1. The van der Waals surface area contributed by atoms with Crippen molar-refractivity contribution in [1.82, 2.24) is 4.90 Å². The highest BCUT2D eigenvalue weighted by Gasteiger charge is 2.28. The van der Waals surface area contributed by atoms with E-state index in [2.05, 4.69) is 12.2 Å². The first-order valence-electron chi connectivity index (χ1n) is 5.63. The Hall–Kier alpha value is -1.83. The van der Waals surface area contributed by atoms with Gasteiger partial charge in [0.2, 0.25) is 0 Å². The SMILES string of the molecule is O=C1c2ccccc2CN1C1=CCCC=C1. The van der Waals surface area contributed by atoms with Gasteiger partial charge in [0.05, 0.1) is 6.54 Å². The van der Waals surface area contributed by atoms with Gasteiger partial charge in [-0.05, 0) is 30.5 Å². The number of fused-ring (bicyclic) bond motifs is 1. The number of rotatable bonds is 1. The van der Waals surface area contributed by atoms with E-state index in [1.165, 1.54) is 0 Å². The van der Waals surface area contributed by atoms with Crippen molar-refractivity contribution in [3.8, 4) is 0 Å². The molecule has 0 fully saturated rings. The summed E-state index contributed by atoms with van der Waals surface area (Å²) in [5.41, 5.74) is 3.03. The fraction of sp³-hybridized carbons (Fsp3) is 0.214. The molecular weight excluding hydrogens is 198 g/mol. The van der Waals surface area contributed by atoms with Crippen LogP contribution < -0.4 is 0 Å². The molecule has 0 saturated carbocycles. The first-order chi connectivity index (χ1) is 7.86. The zero-order valence-electron chi connectivity index (χ0n) is 9.02. The quantitative estimate of drug-likeness (QED) is 0.699. The van der Waals surface area contributed by atoms with Gasteiger partial charge in [-0.25, -0.2) is 0 Å². The van der Waals surface area contributed by atoms with Crippen LogP contribution >= 0.6 is 0 Å². The summed E-state index contributed by atoms with van der Waals surface area (Å²) in [5, 5.41) is 0. The fourth-order valence-corrected chi connectivity index (χ4v) is 2.26. The van der Waals surface area contributed by atoms with Crippen LogP contribution in [-0.4, -0.2) is 10.8 Å². The van der Waals surface area contributed by atoms with E-state index in [4.69, 9.17) is 0 Å². The Labute approximate surface area is 94.9 Å². The van der Waals surface area contributed by atoms with E-state index in [0.29, 0.717) is 6.54 Å². The van der Waals surface area contributed by atoms with Gasteiger partial charge in [-0.15, -0.1) is 0 Å². The smallest absolute Gasteiger partial charge is 0.258 e. The highest BCUT2D eigenvalue weighted by Crippen LogP contribution is 2.27. The number of hydrogen-bond donors (Lipinski definition) is 0. The summed E-state index contributed by atoms with van der Waals surface area (Å²) in [4.78, 5) is 14.0. The molecule has 0 unspecified atom stereocenters. The molecule has 1 aromatic carbocycles.